The Morgan fingerprint density at radius 3 is 2.55 bits per heavy atom. The molecule has 0 saturated carbocycles. The molecule has 3 rings (SSSR count). The summed E-state index contributed by atoms with van der Waals surface area (Å²) in [5.41, 5.74) is 1.75. The summed E-state index contributed by atoms with van der Waals surface area (Å²) in [7, 11) is 0. The molecule has 0 spiro atoms. The number of rotatable bonds is 2. The standard InChI is InChI=1S/C14H11Cl2NO2S/c15-9-5-8(6-10(16)13(9)18)17-14(19)12-4-7-2-1-3-11(7)20-12/h4-6,18H,1-3H2,(H,17,19). The summed E-state index contributed by atoms with van der Waals surface area (Å²) in [5, 5.41) is 12.5. The fourth-order valence-corrected chi connectivity index (χ4v) is 3.91. The first-order valence-electron chi connectivity index (χ1n) is 6.15. The number of fused-ring (bicyclic) bond motifs is 1. The minimum absolute atomic E-state index is 0.112. The third kappa shape index (κ3) is 2.51. The normalized spacial score (nSPS) is 13.3. The molecular weight excluding hydrogens is 317 g/mol. The van der Waals surface area contributed by atoms with E-state index in [-0.39, 0.29) is 21.7 Å². The van der Waals surface area contributed by atoms with Gasteiger partial charge in [-0.1, -0.05) is 23.2 Å². The molecule has 0 unspecified atom stereocenters. The molecule has 1 amide bonds. The lowest BCUT2D eigenvalue weighted by atomic mass is 10.2. The van der Waals surface area contributed by atoms with Gasteiger partial charge in [-0.05, 0) is 43.0 Å². The Morgan fingerprint density at radius 1 is 1.20 bits per heavy atom. The zero-order valence-corrected chi connectivity index (χ0v) is 12.7. The number of nitrogens with one attached hydrogen (secondary N) is 1. The number of halogens is 2. The molecule has 1 aliphatic rings. The summed E-state index contributed by atoms with van der Waals surface area (Å²) in [6, 6.07) is 4.90. The Balaban J connectivity index is 1.82. The first-order valence-corrected chi connectivity index (χ1v) is 7.73. The zero-order valence-electron chi connectivity index (χ0n) is 10.4. The van der Waals surface area contributed by atoms with Gasteiger partial charge in [0.1, 0.15) is 0 Å². The summed E-state index contributed by atoms with van der Waals surface area (Å²) in [5.74, 6) is -0.358. The van der Waals surface area contributed by atoms with Gasteiger partial charge in [-0.15, -0.1) is 11.3 Å². The summed E-state index contributed by atoms with van der Waals surface area (Å²) in [6.07, 6.45) is 3.28. The largest absolute Gasteiger partial charge is 0.505 e. The van der Waals surface area contributed by atoms with Gasteiger partial charge in [0.2, 0.25) is 0 Å². The van der Waals surface area contributed by atoms with E-state index < -0.39 is 0 Å². The molecule has 2 aromatic rings. The van der Waals surface area contributed by atoms with Crippen molar-refractivity contribution in [1.29, 1.82) is 0 Å². The number of benzene rings is 1. The van der Waals surface area contributed by atoms with Crippen molar-refractivity contribution in [2.24, 2.45) is 0 Å². The third-order valence-corrected chi connectivity index (χ3v) is 5.06. The quantitative estimate of drug-likeness (QED) is 0.798. The monoisotopic (exact) mass is 327 g/mol. The summed E-state index contributed by atoms with van der Waals surface area (Å²) >= 11 is 13.2. The topological polar surface area (TPSA) is 49.3 Å². The molecule has 0 bridgehead atoms. The van der Waals surface area contributed by atoms with Crippen molar-refractivity contribution in [3.63, 3.8) is 0 Å². The number of anilines is 1. The van der Waals surface area contributed by atoms with Crippen molar-refractivity contribution in [2.75, 3.05) is 5.32 Å². The number of carbonyl (C=O) groups is 1. The molecule has 0 radical (unpaired) electrons. The smallest absolute Gasteiger partial charge is 0.265 e. The van der Waals surface area contributed by atoms with Crippen LogP contribution in [0.5, 0.6) is 5.75 Å². The van der Waals surface area contributed by atoms with E-state index in [0.717, 1.165) is 12.8 Å². The number of aromatic hydroxyl groups is 1. The Bertz CT molecular complexity index is 652. The Hall–Kier alpha value is -1.23. The lowest BCUT2D eigenvalue weighted by Crippen LogP contribution is -2.10. The lowest BCUT2D eigenvalue weighted by molar-refractivity contribution is 0.103. The molecule has 1 aliphatic carbocycles. The molecule has 6 heteroatoms. The number of hydrogen-bond donors (Lipinski definition) is 2. The van der Waals surface area contributed by atoms with Crippen LogP contribution in [0.3, 0.4) is 0 Å². The van der Waals surface area contributed by atoms with Crippen molar-refractivity contribution in [2.45, 2.75) is 19.3 Å². The summed E-state index contributed by atoms with van der Waals surface area (Å²) < 4.78 is 0. The maximum absolute atomic E-state index is 12.2. The van der Waals surface area contributed by atoms with E-state index in [1.54, 1.807) is 0 Å². The van der Waals surface area contributed by atoms with E-state index in [4.69, 9.17) is 23.2 Å². The van der Waals surface area contributed by atoms with Crippen LogP contribution in [0.4, 0.5) is 5.69 Å². The van der Waals surface area contributed by atoms with Crippen LogP contribution in [-0.2, 0) is 12.8 Å². The first-order chi connectivity index (χ1) is 9.54. The van der Waals surface area contributed by atoms with E-state index in [1.165, 1.54) is 40.3 Å². The molecule has 2 N–H and O–H groups in total. The molecule has 1 aromatic carbocycles. The number of hydrogen-bond acceptors (Lipinski definition) is 3. The zero-order chi connectivity index (χ0) is 14.3. The van der Waals surface area contributed by atoms with Gasteiger partial charge in [0.05, 0.1) is 14.9 Å². The van der Waals surface area contributed by atoms with Crippen LogP contribution in [-0.4, -0.2) is 11.0 Å². The SMILES string of the molecule is O=C(Nc1cc(Cl)c(O)c(Cl)c1)c1cc2c(s1)CCC2. The summed E-state index contributed by atoms with van der Waals surface area (Å²) in [6.45, 7) is 0. The molecule has 20 heavy (non-hydrogen) atoms. The number of phenols is 1. The van der Waals surface area contributed by atoms with E-state index in [2.05, 4.69) is 5.32 Å². The Morgan fingerprint density at radius 2 is 1.90 bits per heavy atom. The molecule has 3 nitrogen and oxygen atoms in total. The maximum atomic E-state index is 12.2. The average Bonchev–Trinajstić information content (AvgIpc) is 2.96. The number of amides is 1. The van der Waals surface area contributed by atoms with Gasteiger partial charge < -0.3 is 10.4 Å². The van der Waals surface area contributed by atoms with E-state index in [1.807, 2.05) is 6.07 Å². The second-order valence-electron chi connectivity index (χ2n) is 4.66. The van der Waals surface area contributed by atoms with Crippen LogP contribution < -0.4 is 5.32 Å². The van der Waals surface area contributed by atoms with E-state index in [0.29, 0.717) is 10.6 Å². The van der Waals surface area contributed by atoms with Crippen LogP contribution in [0.2, 0.25) is 10.0 Å². The fourth-order valence-electron chi connectivity index (χ4n) is 2.27. The van der Waals surface area contributed by atoms with Crippen molar-refractivity contribution in [3.8, 4) is 5.75 Å². The molecule has 0 aliphatic heterocycles. The van der Waals surface area contributed by atoms with Gasteiger partial charge >= 0.3 is 0 Å². The van der Waals surface area contributed by atoms with Gasteiger partial charge in [-0.3, -0.25) is 4.79 Å². The van der Waals surface area contributed by atoms with Crippen molar-refractivity contribution in [3.05, 3.63) is 43.6 Å². The second-order valence-corrected chi connectivity index (χ2v) is 6.61. The number of phenolic OH excluding ortho intramolecular Hbond substituents is 1. The van der Waals surface area contributed by atoms with Crippen LogP contribution in [0, 0.1) is 0 Å². The predicted octanol–water partition coefficient (Wildman–Crippen LogP) is 4.50. The highest BCUT2D eigenvalue weighted by Crippen LogP contribution is 2.35. The number of thiophene rings is 1. The van der Waals surface area contributed by atoms with Gasteiger partial charge in [0, 0.05) is 10.6 Å². The lowest BCUT2D eigenvalue weighted by Gasteiger charge is -2.07. The van der Waals surface area contributed by atoms with Crippen LogP contribution >= 0.6 is 34.5 Å². The Labute approximate surface area is 130 Å². The van der Waals surface area contributed by atoms with Crippen LogP contribution in [0.1, 0.15) is 26.5 Å². The molecule has 0 atom stereocenters. The minimum atomic E-state index is -0.179. The first kappa shape index (κ1) is 13.7. The van der Waals surface area contributed by atoms with Crippen molar-refractivity contribution >= 4 is 46.1 Å². The van der Waals surface area contributed by atoms with E-state index in [9.17, 15) is 9.90 Å². The Kier molecular flexibility index (Phi) is 3.63. The van der Waals surface area contributed by atoms with E-state index >= 15 is 0 Å². The van der Waals surface area contributed by atoms with Crippen molar-refractivity contribution in [1.82, 2.24) is 0 Å². The summed E-state index contributed by atoms with van der Waals surface area (Å²) in [4.78, 5) is 14.2. The molecule has 0 saturated heterocycles. The second kappa shape index (κ2) is 5.28. The van der Waals surface area contributed by atoms with Crippen LogP contribution in [0.25, 0.3) is 0 Å². The minimum Gasteiger partial charge on any atom is -0.505 e. The van der Waals surface area contributed by atoms with Crippen molar-refractivity contribution < 1.29 is 9.90 Å². The highest BCUT2D eigenvalue weighted by Gasteiger charge is 2.19. The number of carbonyl (C=O) groups excluding carboxylic acids is 1. The van der Waals surface area contributed by atoms with Gasteiger partial charge in [-0.25, -0.2) is 0 Å². The molecule has 1 aromatic heterocycles. The molecule has 1 heterocycles. The molecular formula is C14H11Cl2NO2S. The number of aryl methyl sites for hydroxylation is 2. The fraction of sp³-hybridized carbons (Fsp3) is 0.214. The predicted molar refractivity (Wildman–Crippen MR) is 82.4 cm³/mol. The molecule has 0 fully saturated rings. The highest BCUT2D eigenvalue weighted by molar-refractivity contribution is 7.14. The van der Waals surface area contributed by atoms with Gasteiger partial charge in [0.15, 0.2) is 5.75 Å². The van der Waals surface area contributed by atoms with Crippen LogP contribution in [0.15, 0.2) is 18.2 Å². The average molecular weight is 328 g/mol. The maximum Gasteiger partial charge on any atom is 0.265 e. The van der Waals surface area contributed by atoms with Gasteiger partial charge in [0.25, 0.3) is 5.91 Å². The third-order valence-electron chi connectivity index (χ3n) is 3.25. The molecule has 104 valence electrons. The highest BCUT2D eigenvalue weighted by atomic mass is 35.5. The van der Waals surface area contributed by atoms with Gasteiger partial charge in [-0.2, -0.15) is 0 Å².